The molecule has 2 bridgehead atoms. The van der Waals surface area contributed by atoms with Crippen molar-refractivity contribution in [3.8, 4) is 0 Å². The number of rotatable bonds is 0. The van der Waals surface area contributed by atoms with Crippen molar-refractivity contribution in [2.45, 2.75) is 12.5 Å². The lowest BCUT2D eigenvalue weighted by molar-refractivity contribution is 0.471. The van der Waals surface area contributed by atoms with Crippen LogP contribution >= 0.6 is 0 Å². The van der Waals surface area contributed by atoms with Crippen molar-refractivity contribution in [3.05, 3.63) is 6.17 Å². The van der Waals surface area contributed by atoms with Gasteiger partial charge in [-0.2, -0.15) is 0 Å². The summed E-state index contributed by atoms with van der Waals surface area (Å²) in [7, 11) is 0. The maximum absolute atomic E-state index is 3.22. The molecule has 1 unspecified atom stereocenters. The van der Waals surface area contributed by atoms with Crippen LogP contribution in [-0.2, 0) is 0 Å². The quantitative estimate of drug-likeness (QED) is 0.410. The monoisotopic (exact) mass is 83.1 g/mol. The molecule has 3 saturated heterocycles. The summed E-state index contributed by atoms with van der Waals surface area (Å²) < 4.78 is 0. The Hall–Kier alpha value is -0.0800. The zero-order chi connectivity index (χ0) is 3.98. The highest BCUT2D eigenvalue weighted by Gasteiger charge is 2.35. The molecule has 0 spiro atoms. The molecule has 3 aliphatic rings. The molecule has 2 N–H and O–H groups in total. The molecule has 6 heavy (non-hydrogen) atoms. The van der Waals surface area contributed by atoms with Gasteiger partial charge < -0.3 is 0 Å². The van der Waals surface area contributed by atoms with Gasteiger partial charge in [0.25, 0.3) is 0 Å². The molecule has 0 aromatic carbocycles. The van der Waals surface area contributed by atoms with Gasteiger partial charge in [0.05, 0.1) is 0 Å². The van der Waals surface area contributed by atoms with Gasteiger partial charge >= 0.3 is 0 Å². The first-order chi connectivity index (χ1) is 2.95. The van der Waals surface area contributed by atoms with E-state index in [9.17, 15) is 0 Å². The molecule has 1 radical (unpaired) electrons. The van der Waals surface area contributed by atoms with Gasteiger partial charge in [-0.15, -0.1) is 0 Å². The summed E-state index contributed by atoms with van der Waals surface area (Å²) in [6.45, 7) is 1.16. The van der Waals surface area contributed by atoms with Crippen LogP contribution in [0.1, 0.15) is 6.42 Å². The van der Waals surface area contributed by atoms with E-state index in [1.165, 1.54) is 12.6 Å². The van der Waals surface area contributed by atoms with Crippen molar-refractivity contribution in [2.75, 3.05) is 6.54 Å². The van der Waals surface area contributed by atoms with Gasteiger partial charge in [-0.05, 0) is 6.42 Å². The Morgan fingerprint density at radius 1 is 1.67 bits per heavy atom. The lowest BCUT2D eigenvalue weighted by Gasteiger charge is -2.21. The molecule has 3 heterocycles. The van der Waals surface area contributed by atoms with Crippen molar-refractivity contribution >= 4 is 0 Å². The third-order valence-electron chi connectivity index (χ3n) is 1.39. The van der Waals surface area contributed by atoms with Crippen LogP contribution in [-0.4, -0.2) is 12.6 Å². The van der Waals surface area contributed by atoms with Crippen LogP contribution in [0.3, 0.4) is 0 Å². The van der Waals surface area contributed by atoms with E-state index in [1.54, 1.807) is 0 Å². The second-order valence-corrected chi connectivity index (χ2v) is 1.90. The zero-order valence-corrected chi connectivity index (χ0v) is 3.49. The summed E-state index contributed by atoms with van der Waals surface area (Å²) in [5.41, 5.74) is 0. The lowest BCUT2D eigenvalue weighted by atomic mass is 10.1. The van der Waals surface area contributed by atoms with Gasteiger partial charge in [-0.3, -0.25) is 10.6 Å². The largest absolute Gasteiger partial charge is 0.295 e. The molecule has 0 aliphatic carbocycles. The third kappa shape index (κ3) is 0.200. The fourth-order valence-corrected chi connectivity index (χ4v) is 0.964. The Balaban J connectivity index is 2.16. The molecule has 0 aromatic heterocycles. The highest BCUT2D eigenvalue weighted by Crippen LogP contribution is 2.21. The second kappa shape index (κ2) is 0.768. The molecule has 1 atom stereocenters. The Morgan fingerprint density at radius 3 is 2.67 bits per heavy atom. The van der Waals surface area contributed by atoms with E-state index in [2.05, 4.69) is 10.6 Å². The average Bonchev–Trinajstić information content (AvgIpc) is 1.72. The minimum Gasteiger partial charge on any atom is -0.295 e. The Labute approximate surface area is 36.9 Å². The van der Waals surface area contributed by atoms with Crippen molar-refractivity contribution in [1.29, 1.82) is 0 Å². The topological polar surface area (TPSA) is 24.1 Å². The van der Waals surface area contributed by atoms with E-state index in [4.69, 9.17) is 0 Å². The minimum absolute atomic E-state index is 0.792. The first kappa shape index (κ1) is 2.99. The molecule has 0 aromatic rings. The van der Waals surface area contributed by atoms with Crippen LogP contribution in [0.25, 0.3) is 0 Å². The van der Waals surface area contributed by atoms with Crippen LogP contribution in [0, 0.1) is 6.17 Å². The predicted octanol–water partition coefficient (Wildman–Crippen LogP) is -0.559. The van der Waals surface area contributed by atoms with Gasteiger partial charge in [0.1, 0.15) is 6.17 Å². The van der Waals surface area contributed by atoms with E-state index in [0.29, 0.717) is 0 Å². The molecule has 0 saturated carbocycles. The molecule has 3 fully saturated rings. The maximum atomic E-state index is 3.22. The summed E-state index contributed by atoms with van der Waals surface area (Å²) in [4.78, 5) is 0. The second-order valence-electron chi connectivity index (χ2n) is 1.90. The fourth-order valence-electron chi connectivity index (χ4n) is 0.964. The van der Waals surface area contributed by atoms with Gasteiger partial charge in [0, 0.05) is 12.6 Å². The smallest absolute Gasteiger partial charge is 0.103 e. The van der Waals surface area contributed by atoms with E-state index in [-0.39, 0.29) is 0 Å². The molecule has 3 aliphatic heterocycles. The summed E-state index contributed by atoms with van der Waals surface area (Å²) >= 11 is 0. The summed E-state index contributed by atoms with van der Waals surface area (Å²) in [6.07, 6.45) is 2.62. The molecule has 2 heteroatoms. The molecule has 0 amide bonds. The van der Waals surface area contributed by atoms with Gasteiger partial charge in [-0.1, -0.05) is 0 Å². The number of hydrogen-bond donors (Lipinski definition) is 2. The average molecular weight is 83.1 g/mol. The highest BCUT2D eigenvalue weighted by atomic mass is 15.3. The van der Waals surface area contributed by atoms with E-state index >= 15 is 0 Å². The Kier molecular flexibility index (Phi) is 0.383. The SMILES string of the molecule is C1N[C]2CC1N2. The van der Waals surface area contributed by atoms with Crippen LogP contribution in [0.5, 0.6) is 0 Å². The first-order valence-electron chi connectivity index (χ1n) is 2.31. The summed E-state index contributed by atoms with van der Waals surface area (Å²) in [6, 6.07) is 0.792. The number of fused-ring (bicyclic) bond motifs is 1. The van der Waals surface area contributed by atoms with Gasteiger partial charge in [0.15, 0.2) is 0 Å². The molecule has 2 nitrogen and oxygen atoms in total. The normalized spacial score (nSPS) is 43.0. The predicted molar refractivity (Wildman–Crippen MR) is 22.8 cm³/mol. The minimum atomic E-state index is 0.792. The highest BCUT2D eigenvalue weighted by molar-refractivity contribution is 5.09. The molecular weight excluding hydrogens is 76.1 g/mol. The van der Waals surface area contributed by atoms with Gasteiger partial charge in [0.2, 0.25) is 0 Å². The number of hydrogen-bond acceptors (Lipinski definition) is 2. The molecular formula is C4H7N2. The Morgan fingerprint density at radius 2 is 2.50 bits per heavy atom. The van der Waals surface area contributed by atoms with Crippen molar-refractivity contribution < 1.29 is 0 Å². The first-order valence-corrected chi connectivity index (χ1v) is 2.31. The zero-order valence-electron chi connectivity index (χ0n) is 3.49. The van der Waals surface area contributed by atoms with Crippen LogP contribution < -0.4 is 10.6 Å². The van der Waals surface area contributed by atoms with Crippen LogP contribution in [0.15, 0.2) is 0 Å². The van der Waals surface area contributed by atoms with Crippen molar-refractivity contribution in [2.24, 2.45) is 0 Å². The summed E-state index contributed by atoms with van der Waals surface area (Å²) in [5.74, 6) is 0. The standard InChI is InChI=1S/C4H7N2/c1-3-2-5-4(1)6-3/h3,5-6H,1-2H2. The van der Waals surface area contributed by atoms with E-state index in [1.807, 2.05) is 0 Å². The van der Waals surface area contributed by atoms with Crippen molar-refractivity contribution in [1.82, 2.24) is 10.6 Å². The van der Waals surface area contributed by atoms with Crippen molar-refractivity contribution in [3.63, 3.8) is 0 Å². The summed E-state index contributed by atoms with van der Waals surface area (Å²) in [5, 5.41) is 6.42. The van der Waals surface area contributed by atoms with E-state index in [0.717, 1.165) is 12.6 Å². The van der Waals surface area contributed by atoms with E-state index < -0.39 is 0 Å². The maximum Gasteiger partial charge on any atom is 0.103 e. The molecule has 33 valence electrons. The third-order valence-corrected chi connectivity index (χ3v) is 1.39. The number of nitrogens with one attached hydrogen (secondary N) is 2. The lowest BCUT2D eigenvalue weighted by Crippen LogP contribution is -2.39. The van der Waals surface area contributed by atoms with Gasteiger partial charge in [-0.25, -0.2) is 0 Å². The van der Waals surface area contributed by atoms with Crippen LogP contribution in [0.4, 0.5) is 0 Å². The van der Waals surface area contributed by atoms with Crippen LogP contribution in [0.2, 0.25) is 0 Å². The fraction of sp³-hybridized carbons (Fsp3) is 0.750. The molecule has 3 rings (SSSR count). The Bertz CT molecular complexity index is 52.4.